The SMILES string of the molecule is O=C(/C=C/c1ccc(F)cc1)c1ccc(-n2cc(CN3CCN(c4cc5c(cc4F)c(=O)c(C(=O)O)cn5C4CC4)CC3)nn2)cc1. The fourth-order valence-corrected chi connectivity index (χ4v) is 5.90. The van der Waals surface area contributed by atoms with Gasteiger partial charge in [0.15, 0.2) is 5.78 Å². The molecule has 0 atom stereocenters. The summed E-state index contributed by atoms with van der Waals surface area (Å²) in [7, 11) is 0. The number of pyridine rings is 1. The molecule has 2 fully saturated rings. The third-order valence-corrected chi connectivity index (χ3v) is 8.62. The van der Waals surface area contributed by atoms with Crippen LogP contribution in [0.2, 0.25) is 0 Å². The lowest BCUT2D eigenvalue weighted by Gasteiger charge is -2.36. The minimum absolute atomic E-state index is 0.0831. The minimum atomic E-state index is -1.31. The molecule has 0 radical (unpaired) electrons. The van der Waals surface area contributed by atoms with Crippen molar-refractivity contribution in [2.75, 3.05) is 31.1 Å². The topological polar surface area (TPSA) is 114 Å². The van der Waals surface area contributed by atoms with Crippen molar-refractivity contribution in [3.63, 3.8) is 0 Å². The highest BCUT2D eigenvalue weighted by atomic mass is 19.1. The van der Waals surface area contributed by atoms with Crippen molar-refractivity contribution in [2.24, 2.45) is 0 Å². The maximum Gasteiger partial charge on any atom is 0.341 e. The fraction of sp³-hybridized carbons (Fsp3) is 0.229. The number of aromatic carboxylic acids is 1. The summed E-state index contributed by atoms with van der Waals surface area (Å²) >= 11 is 0. The van der Waals surface area contributed by atoms with Crippen LogP contribution in [0.4, 0.5) is 14.5 Å². The zero-order chi connectivity index (χ0) is 32.7. The normalized spacial score (nSPS) is 15.5. The Balaban J connectivity index is 0.987. The van der Waals surface area contributed by atoms with E-state index in [1.165, 1.54) is 30.5 Å². The van der Waals surface area contributed by atoms with Gasteiger partial charge in [0.05, 0.1) is 28.8 Å². The Morgan fingerprint density at radius 1 is 0.936 bits per heavy atom. The van der Waals surface area contributed by atoms with Crippen molar-refractivity contribution in [3.8, 4) is 5.69 Å². The number of piperazine rings is 1. The number of halogens is 2. The molecule has 10 nitrogen and oxygen atoms in total. The maximum absolute atomic E-state index is 15.4. The minimum Gasteiger partial charge on any atom is -0.477 e. The van der Waals surface area contributed by atoms with E-state index in [-0.39, 0.29) is 28.6 Å². The first-order chi connectivity index (χ1) is 22.7. The van der Waals surface area contributed by atoms with Crippen molar-refractivity contribution < 1.29 is 23.5 Å². The number of carboxylic acid groups (broad SMARTS) is 1. The standard InChI is InChI=1S/C35H30F2N6O4/c36-24-6-1-22(2-7-24)3-12-33(44)23-4-8-27(9-5-23)43-20-25(38-39-43)19-40-13-15-41(16-14-40)32-18-31-28(17-30(32)37)34(45)29(35(46)47)21-42(31)26-10-11-26/h1-9,12,17-18,20-21,26H,10-11,13-16,19H2,(H,46,47)/b12-3+. The average molecular weight is 637 g/mol. The van der Waals surface area contributed by atoms with Crippen molar-refractivity contribution in [1.29, 1.82) is 0 Å². The molecule has 5 aromatic rings. The van der Waals surface area contributed by atoms with Gasteiger partial charge in [0.1, 0.15) is 17.2 Å². The van der Waals surface area contributed by atoms with Crippen LogP contribution in [0.1, 0.15) is 50.9 Å². The summed E-state index contributed by atoms with van der Waals surface area (Å²) in [5.41, 5.74) is 2.68. The number of carbonyl (C=O) groups is 2. The van der Waals surface area contributed by atoms with Crippen molar-refractivity contribution in [3.05, 3.63) is 123 Å². The van der Waals surface area contributed by atoms with Gasteiger partial charge < -0.3 is 14.6 Å². The summed E-state index contributed by atoms with van der Waals surface area (Å²) in [6.45, 7) is 2.98. The van der Waals surface area contributed by atoms with Gasteiger partial charge >= 0.3 is 5.97 Å². The fourth-order valence-electron chi connectivity index (χ4n) is 5.90. The molecule has 2 aliphatic rings. The zero-order valence-corrected chi connectivity index (χ0v) is 25.2. The number of rotatable bonds is 9. The molecule has 0 spiro atoms. The van der Waals surface area contributed by atoms with Crippen LogP contribution < -0.4 is 10.3 Å². The van der Waals surface area contributed by atoms with E-state index < -0.39 is 17.2 Å². The number of carbonyl (C=O) groups excluding carboxylic acids is 1. The molecule has 1 saturated heterocycles. The highest BCUT2D eigenvalue weighted by Gasteiger charge is 2.28. The molecule has 7 rings (SSSR count). The monoisotopic (exact) mass is 636 g/mol. The molecular formula is C35H30F2N6O4. The lowest BCUT2D eigenvalue weighted by Crippen LogP contribution is -2.46. The predicted molar refractivity (Wildman–Crippen MR) is 172 cm³/mol. The van der Waals surface area contributed by atoms with Gasteiger partial charge in [-0.05, 0) is 73.0 Å². The zero-order valence-electron chi connectivity index (χ0n) is 25.2. The molecule has 2 aromatic heterocycles. The van der Waals surface area contributed by atoms with Crippen molar-refractivity contribution in [2.45, 2.75) is 25.4 Å². The lowest BCUT2D eigenvalue weighted by molar-refractivity contribution is 0.0694. The van der Waals surface area contributed by atoms with Gasteiger partial charge in [0.25, 0.3) is 0 Å². The Labute approximate surface area is 267 Å². The Kier molecular flexibility index (Phi) is 7.94. The number of carboxylic acids is 1. The molecule has 1 aliphatic carbocycles. The van der Waals surface area contributed by atoms with Gasteiger partial charge in [0.2, 0.25) is 5.43 Å². The Morgan fingerprint density at radius 3 is 2.34 bits per heavy atom. The first-order valence-electron chi connectivity index (χ1n) is 15.3. The van der Waals surface area contributed by atoms with Crippen molar-refractivity contribution in [1.82, 2.24) is 24.5 Å². The Bertz CT molecular complexity index is 2080. The summed E-state index contributed by atoms with van der Waals surface area (Å²) in [6, 6.07) is 15.9. The molecule has 47 heavy (non-hydrogen) atoms. The number of anilines is 1. The van der Waals surface area contributed by atoms with Gasteiger partial charge in [-0.15, -0.1) is 5.10 Å². The molecular weight excluding hydrogens is 606 g/mol. The summed E-state index contributed by atoms with van der Waals surface area (Å²) < 4.78 is 31.9. The number of allylic oxidation sites excluding steroid dienone is 1. The van der Waals surface area contributed by atoms with Gasteiger partial charge in [-0.1, -0.05) is 23.4 Å². The predicted octanol–water partition coefficient (Wildman–Crippen LogP) is 5.11. The quantitative estimate of drug-likeness (QED) is 0.176. The first kappa shape index (κ1) is 30.2. The second kappa shape index (κ2) is 12.4. The van der Waals surface area contributed by atoms with Crippen LogP contribution in [0.5, 0.6) is 0 Å². The molecule has 3 heterocycles. The van der Waals surface area contributed by atoms with Crippen LogP contribution in [-0.2, 0) is 6.54 Å². The Hall–Kier alpha value is -5.49. The van der Waals surface area contributed by atoms with Crippen LogP contribution in [0.3, 0.4) is 0 Å². The number of fused-ring (bicyclic) bond motifs is 1. The van der Waals surface area contributed by atoms with Crippen LogP contribution in [0, 0.1) is 11.6 Å². The van der Waals surface area contributed by atoms with Crippen LogP contribution in [0.25, 0.3) is 22.7 Å². The van der Waals surface area contributed by atoms with Gasteiger partial charge in [0, 0.05) is 55.9 Å². The second-order valence-corrected chi connectivity index (χ2v) is 11.8. The summed E-state index contributed by atoms with van der Waals surface area (Å²) in [6.07, 6.45) is 8.09. The largest absolute Gasteiger partial charge is 0.477 e. The molecule has 0 unspecified atom stereocenters. The van der Waals surface area contributed by atoms with E-state index in [0.29, 0.717) is 49.5 Å². The van der Waals surface area contributed by atoms with Crippen LogP contribution >= 0.6 is 0 Å². The van der Waals surface area contributed by atoms with E-state index in [1.54, 1.807) is 57.8 Å². The van der Waals surface area contributed by atoms with Crippen LogP contribution in [0.15, 0.2) is 83.9 Å². The van der Waals surface area contributed by atoms with E-state index in [4.69, 9.17) is 0 Å². The second-order valence-electron chi connectivity index (χ2n) is 11.8. The molecule has 238 valence electrons. The summed E-state index contributed by atoms with van der Waals surface area (Å²) in [5, 5.41) is 18.2. The van der Waals surface area contributed by atoms with Gasteiger partial charge in [-0.2, -0.15) is 0 Å². The van der Waals surface area contributed by atoms with E-state index >= 15 is 4.39 Å². The third-order valence-electron chi connectivity index (χ3n) is 8.62. The van der Waals surface area contributed by atoms with E-state index in [9.17, 15) is 23.9 Å². The summed E-state index contributed by atoms with van der Waals surface area (Å²) in [5.74, 6) is -2.37. The van der Waals surface area contributed by atoms with Crippen LogP contribution in [-0.4, -0.2) is 67.5 Å². The third kappa shape index (κ3) is 6.32. The molecule has 1 saturated carbocycles. The first-order valence-corrected chi connectivity index (χ1v) is 15.3. The highest BCUT2D eigenvalue weighted by molar-refractivity contribution is 6.06. The smallest absolute Gasteiger partial charge is 0.341 e. The van der Waals surface area contributed by atoms with E-state index in [0.717, 1.165) is 29.8 Å². The van der Waals surface area contributed by atoms with Gasteiger partial charge in [-0.3, -0.25) is 14.5 Å². The number of nitrogens with zero attached hydrogens (tertiary/aromatic N) is 6. The molecule has 1 aliphatic heterocycles. The number of ketones is 1. The maximum atomic E-state index is 15.4. The highest BCUT2D eigenvalue weighted by Crippen LogP contribution is 2.38. The molecule has 3 aromatic carbocycles. The molecule has 1 N–H and O–H groups in total. The average Bonchev–Trinajstić information content (AvgIpc) is 3.82. The molecule has 0 bridgehead atoms. The number of hydrogen-bond donors (Lipinski definition) is 1. The molecule has 12 heteroatoms. The van der Waals surface area contributed by atoms with E-state index in [1.807, 2.05) is 11.1 Å². The number of aromatic nitrogens is 4. The summed E-state index contributed by atoms with van der Waals surface area (Å²) in [4.78, 5) is 41.2. The number of benzene rings is 3. The number of hydrogen-bond acceptors (Lipinski definition) is 7. The van der Waals surface area contributed by atoms with Crippen molar-refractivity contribution >= 4 is 34.4 Å². The van der Waals surface area contributed by atoms with Gasteiger partial charge in [-0.25, -0.2) is 18.3 Å². The van der Waals surface area contributed by atoms with E-state index in [2.05, 4.69) is 15.2 Å². The molecule has 0 amide bonds. The Morgan fingerprint density at radius 2 is 1.66 bits per heavy atom. The lowest BCUT2D eigenvalue weighted by atomic mass is 10.1.